The van der Waals surface area contributed by atoms with Gasteiger partial charge in [0.25, 0.3) is 11.8 Å². The highest BCUT2D eigenvalue weighted by Crippen LogP contribution is 2.44. The maximum atomic E-state index is 12.9. The van der Waals surface area contributed by atoms with E-state index in [1.165, 1.54) is 0 Å². The van der Waals surface area contributed by atoms with Gasteiger partial charge in [0.1, 0.15) is 18.3 Å². The first-order chi connectivity index (χ1) is 17.0. The first-order valence-electron chi connectivity index (χ1n) is 12.3. The summed E-state index contributed by atoms with van der Waals surface area (Å²) in [4.78, 5) is 37.1. The minimum atomic E-state index is -1.05. The Morgan fingerprint density at radius 3 is 2.22 bits per heavy atom. The van der Waals surface area contributed by atoms with E-state index in [1.54, 1.807) is 39.8 Å². The molecular weight excluding hydrogens is 470 g/mol. The molecule has 36 heavy (non-hydrogen) atoms. The van der Waals surface area contributed by atoms with Gasteiger partial charge < -0.3 is 29.0 Å². The van der Waals surface area contributed by atoms with Gasteiger partial charge in [-0.25, -0.2) is 0 Å². The number of carbonyl (C=O) groups excluding carboxylic acids is 3. The number of rotatable bonds is 8. The Kier molecular flexibility index (Phi) is 7.96. The van der Waals surface area contributed by atoms with Crippen LogP contribution in [0.4, 0.5) is 0 Å². The third-order valence-electron chi connectivity index (χ3n) is 6.14. The van der Waals surface area contributed by atoms with Crippen molar-refractivity contribution in [2.24, 2.45) is 0 Å². The number of fused-ring (bicyclic) bond motifs is 3. The number of hydrogen-bond donors (Lipinski definition) is 3. The number of carbonyl (C=O) groups is 3. The summed E-state index contributed by atoms with van der Waals surface area (Å²) >= 11 is 0. The molecule has 3 amide bonds. The Balaban J connectivity index is 1.17. The van der Waals surface area contributed by atoms with E-state index in [9.17, 15) is 14.4 Å². The van der Waals surface area contributed by atoms with Crippen molar-refractivity contribution < 1.29 is 38.1 Å². The molecule has 0 unspecified atom stereocenters. The quantitative estimate of drug-likeness (QED) is 0.358. The smallest absolute Gasteiger partial charge is 0.270 e. The molecule has 11 heteroatoms. The van der Waals surface area contributed by atoms with Crippen LogP contribution in [0.3, 0.4) is 0 Å². The SMILES string of the molecule is CC1(C)O[C@@H]2O[C@H](C(=O)NNC(=O)CCCCCNC(=O)c3ccccc3)[C@@H]3OC(C)(C)O[C@@H]3[C@@H]2O1. The summed E-state index contributed by atoms with van der Waals surface area (Å²) in [6.45, 7) is 7.56. The van der Waals surface area contributed by atoms with E-state index in [0.29, 0.717) is 18.5 Å². The molecule has 11 nitrogen and oxygen atoms in total. The summed E-state index contributed by atoms with van der Waals surface area (Å²) in [6, 6.07) is 9.00. The number of benzene rings is 1. The molecule has 1 aromatic rings. The maximum Gasteiger partial charge on any atom is 0.270 e. The second-order valence-corrected chi connectivity index (χ2v) is 10.1. The number of nitrogens with one attached hydrogen (secondary N) is 3. The van der Waals surface area contributed by atoms with Crippen LogP contribution in [0.15, 0.2) is 30.3 Å². The van der Waals surface area contributed by atoms with E-state index < -0.39 is 48.2 Å². The first kappa shape index (κ1) is 26.5. The number of hydrogen-bond acceptors (Lipinski definition) is 8. The van der Waals surface area contributed by atoms with Gasteiger partial charge in [-0.15, -0.1) is 0 Å². The van der Waals surface area contributed by atoms with Crippen LogP contribution >= 0.6 is 0 Å². The zero-order chi connectivity index (χ0) is 25.9. The molecule has 3 heterocycles. The summed E-state index contributed by atoms with van der Waals surface area (Å²) in [5.41, 5.74) is 5.47. The van der Waals surface area contributed by atoms with Crippen molar-refractivity contribution in [1.82, 2.24) is 16.2 Å². The highest BCUT2D eigenvalue weighted by Gasteiger charge is 2.62. The van der Waals surface area contributed by atoms with E-state index in [4.69, 9.17) is 23.7 Å². The molecule has 0 bridgehead atoms. The van der Waals surface area contributed by atoms with Gasteiger partial charge in [0.05, 0.1) is 0 Å². The van der Waals surface area contributed by atoms with Crippen molar-refractivity contribution in [1.29, 1.82) is 0 Å². The van der Waals surface area contributed by atoms with Gasteiger partial charge in [-0.1, -0.05) is 24.6 Å². The van der Waals surface area contributed by atoms with Gasteiger partial charge in [0.2, 0.25) is 5.91 Å². The first-order valence-corrected chi connectivity index (χ1v) is 12.3. The van der Waals surface area contributed by atoms with Crippen molar-refractivity contribution in [3.63, 3.8) is 0 Å². The van der Waals surface area contributed by atoms with Gasteiger partial charge in [0, 0.05) is 18.5 Å². The molecular formula is C25H35N3O8. The fourth-order valence-electron chi connectivity index (χ4n) is 4.57. The van der Waals surface area contributed by atoms with Crippen LogP contribution in [0.25, 0.3) is 0 Å². The van der Waals surface area contributed by atoms with E-state index in [-0.39, 0.29) is 18.2 Å². The zero-order valence-electron chi connectivity index (χ0n) is 21.1. The number of unbranched alkanes of at least 4 members (excludes halogenated alkanes) is 2. The second-order valence-electron chi connectivity index (χ2n) is 10.1. The number of ether oxygens (including phenoxy) is 5. The molecule has 0 aromatic heterocycles. The molecule has 3 aliphatic rings. The monoisotopic (exact) mass is 505 g/mol. The Bertz CT molecular complexity index is 954. The van der Waals surface area contributed by atoms with Crippen molar-refractivity contribution >= 4 is 17.7 Å². The average Bonchev–Trinajstić information content (AvgIpc) is 3.33. The normalized spacial score (nSPS) is 29.6. The van der Waals surface area contributed by atoms with Crippen LogP contribution in [-0.2, 0) is 33.3 Å². The lowest BCUT2D eigenvalue weighted by molar-refractivity contribution is -0.231. The largest absolute Gasteiger partial charge is 0.352 e. The van der Waals surface area contributed by atoms with Gasteiger partial charge in [0.15, 0.2) is 24.0 Å². The Labute approximate surface area is 210 Å². The summed E-state index contributed by atoms with van der Waals surface area (Å²) in [5, 5.41) is 2.86. The molecule has 3 fully saturated rings. The van der Waals surface area contributed by atoms with Crippen LogP contribution in [0.5, 0.6) is 0 Å². The van der Waals surface area contributed by atoms with Crippen LogP contribution in [0.1, 0.15) is 63.7 Å². The molecule has 0 spiro atoms. The van der Waals surface area contributed by atoms with Gasteiger partial charge in [-0.05, 0) is 52.7 Å². The predicted molar refractivity (Wildman–Crippen MR) is 126 cm³/mol. The Hall–Kier alpha value is -2.57. The average molecular weight is 506 g/mol. The fraction of sp³-hybridized carbons (Fsp3) is 0.640. The highest BCUT2D eigenvalue weighted by molar-refractivity contribution is 5.94. The van der Waals surface area contributed by atoms with Gasteiger partial charge in [-0.2, -0.15) is 0 Å². The van der Waals surface area contributed by atoms with E-state index in [2.05, 4.69) is 16.2 Å². The van der Waals surface area contributed by atoms with Crippen molar-refractivity contribution in [3.05, 3.63) is 35.9 Å². The maximum absolute atomic E-state index is 12.9. The molecule has 0 saturated carbocycles. The number of hydrazine groups is 1. The summed E-state index contributed by atoms with van der Waals surface area (Å²) in [5.74, 6) is -2.82. The highest BCUT2D eigenvalue weighted by atomic mass is 16.9. The molecule has 0 radical (unpaired) electrons. The van der Waals surface area contributed by atoms with Gasteiger partial charge >= 0.3 is 0 Å². The van der Waals surface area contributed by atoms with Crippen LogP contribution in [0.2, 0.25) is 0 Å². The molecule has 4 rings (SSSR count). The number of amides is 3. The Morgan fingerprint density at radius 2 is 1.47 bits per heavy atom. The van der Waals surface area contributed by atoms with E-state index >= 15 is 0 Å². The van der Waals surface area contributed by atoms with E-state index in [0.717, 1.165) is 12.8 Å². The molecule has 1 aromatic carbocycles. The summed E-state index contributed by atoms with van der Waals surface area (Å²) in [6.07, 6.45) is -1.33. The lowest BCUT2D eigenvalue weighted by Crippen LogP contribution is -2.61. The van der Waals surface area contributed by atoms with Crippen LogP contribution in [0, 0.1) is 0 Å². The molecule has 3 saturated heterocycles. The van der Waals surface area contributed by atoms with E-state index in [1.807, 2.05) is 18.2 Å². The minimum Gasteiger partial charge on any atom is -0.352 e. The van der Waals surface area contributed by atoms with Crippen molar-refractivity contribution in [3.8, 4) is 0 Å². The van der Waals surface area contributed by atoms with Crippen molar-refractivity contribution in [2.45, 2.75) is 95.7 Å². The van der Waals surface area contributed by atoms with Gasteiger partial charge in [-0.3, -0.25) is 25.2 Å². The topological polar surface area (TPSA) is 133 Å². The lowest BCUT2D eigenvalue weighted by Gasteiger charge is -2.36. The lowest BCUT2D eigenvalue weighted by atomic mass is 9.98. The molecule has 3 N–H and O–H groups in total. The third-order valence-corrected chi connectivity index (χ3v) is 6.14. The molecule has 0 aliphatic carbocycles. The molecule has 198 valence electrons. The van der Waals surface area contributed by atoms with Crippen molar-refractivity contribution in [2.75, 3.05) is 6.54 Å². The summed E-state index contributed by atoms with van der Waals surface area (Å²) < 4.78 is 29.5. The third kappa shape index (κ3) is 6.40. The Morgan fingerprint density at radius 1 is 0.806 bits per heavy atom. The zero-order valence-corrected chi connectivity index (χ0v) is 21.1. The molecule has 5 atom stereocenters. The van der Waals surface area contributed by atoms with Crippen LogP contribution in [-0.4, -0.2) is 66.5 Å². The predicted octanol–water partition coefficient (Wildman–Crippen LogP) is 1.52. The molecule has 3 aliphatic heterocycles. The standard InChI is InChI=1S/C25H35N3O8/c1-24(2)33-17-18(34-24)20-23(36-25(3,4)35-20)32-19(17)22(31)28-27-16(29)13-9-6-10-14-26-21(30)15-11-7-5-8-12-15/h5,7-8,11-12,17-20,23H,6,9-10,13-14H2,1-4H3,(H,26,30)(H,27,29)(H,28,31)/t17-,18+,19+,20+,23+/m1/s1. The van der Waals surface area contributed by atoms with Crippen LogP contribution < -0.4 is 16.2 Å². The minimum absolute atomic E-state index is 0.118. The fourth-order valence-corrected chi connectivity index (χ4v) is 4.57. The summed E-state index contributed by atoms with van der Waals surface area (Å²) in [7, 11) is 0. The second kappa shape index (κ2) is 10.8.